The third-order valence-corrected chi connectivity index (χ3v) is 3.39. The molecule has 0 heterocycles. The second-order valence-electron chi connectivity index (χ2n) is 4.71. The van der Waals surface area contributed by atoms with Gasteiger partial charge >= 0.3 is 29.6 Å². The molecule has 3 nitrogen and oxygen atoms in total. The second-order valence-corrected chi connectivity index (χ2v) is 6.35. The summed E-state index contributed by atoms with van der Waals surface area (Å²) in [4.78, 5) is 0. The first kappa shape index (κ1) is 21.2. The van der Waals surface area contributed by atoms with Crippen LogP contribution in [0.25, 0.3) is 0 Å². The maximum absolute atomic E-state index is 10.7. The molecule has 0 saturated carbocycles. The van der Waals surface area contributed by atoms with Gasteiger partial charge in [0.25, 0.3) is 10.1 Å². The van der Waals surface area contributed by atoms with Crippen molar-refractivity contribution >= 4 is 39.7 Å². The van der Waals surface area contributed by atoms with E-state index in [2.05, 4.69) is 11.1 Å². The zero-order valence-electron chi connectivity index (χ0n) is 11.4. The molecule has 0 aromatic carbocycles. The third-order valence-electron chi connectivity index (χ3n) is 2.80. The van der Waals surface area contributed by atoms with Crippen LogP contribution in [0.1, 0.15) is 71.1 Å². The van der Waals surface area contributed by atoms with E-state index in [1.54, 1.807) is 0 Å². The Balaban J connectivity index is 0. The molecule has 0 rings (SSSR count). The van der Waals surface area contributed by atoms with Gasteiger partial charge in [0.15, 0.2) is 0 Å². The molecule has 0 radical (unpaired) electrons. The maximum atomic E-state index is 10.7. The van der Waals surface area contributed by atoms with Crippen LogP contribution in [0, 0.1) is 0 Å². The van der Waals surface area contributed by atoms with E-state index in [1.165, 1.54) is 51.4 Å². The van der Waals surface area contributed by atoms with E-state index < -0.39 is 10.1 Å². The summed E-state index contributed by atoms with van der Waals surface area (Å²) in [6, 6.07) is 0. The molecule has 5 heteroatoms. The number of unbranched alkanes of at least 4 members (excludes halogenated alkanes) is 9. The van der Waals surface area contributed by atoms with Gasteiger partial charge in [-0.1, -0.05) is 64.7 Å². The molecule has 0 amide bonds. The van der Waals surface area contributed by atoms with Gasteiger partial charge in [0.05, 0.1) is 12.9 Å². The van der Waals surface area contributed by atoms with Crippen LogP contribution in [0.2, 0.25) is 0 Å². The van der Waals surface area contributed by atoms with E-state index in [4.69, 9.17) is 0 Å². The first-order chi connectivity index (χ1) is 8.06. The van der Waals surface area contributed by atoms with Gasteiger partial charge in [-0.05, 0) is 6.42 Å². The molecular weight excluding hydrogens is 259 g/mol. The molecule has 0 spiro atoms. The summed E-state index contributed by atoms with van der Waals surface area (Å²) in [6.07, 6.45) is 13.6. The van der Waals surface area contributed by atoms with Gasteiger partial charge in [-0.25, -0.2) is 0 Å². The van der Waals surface area contributed by atoms with Crippen LogP contribution in [-0.2, 0) is 14.3 Å². The van der Waals surface area contributed by atoms with Gasteiger partial charge in [-0.3, -0.25) is 4.18 Å². The van der Waals surface area contributed by atoms with Gasteiger partial charge in [-0.15, -0.1) is 0 Å². The molecule has 106 valence electrons. The van der Waals surface area contributed by atoms with E-state index in [9.17, 15) is 8.42 Å². The summed E-state index contributed by atoms with van der Waals surface area (Å²) in [7, 11) is -3.23. The van der Waals surface area contributed by atoms with Gasteiger partial charge in [0.2, 0.25) is 0 Å². The topological polar surface area (TPSA) is 43.4 Å². The second kappa shape index (κ2) is 14.3. The predicted molar refractivity (Wildman–Crippen MR) is 79.8 cm³/mol. The van der Waals surface area contributed by atoms with Crippen LogP contribution in [0.4, 0.5) is 0 Å². The molecule has 0 N–H and O–H groups in total. The van der Waals surface area contributed by atoms with Crippen LogP contribution in [-0.4, -0.2) is 50.8 Å². The molecule has 0 unspecified atom stereocenters. The number of hydrogen-bond acceptors (Lipinski definition) is 3. The Kier molecular flexibility index (Phi) is 16.9. The van der Waals surface area contributed by atoms with Crippen molar-refractivity contribution < 1.29 is 12.6 Å². The van der Waals surface area contributed by atoms with Crippen molar-refractivity contribution in [2.75, 3.05) is 12.9 Å². The van der Waals surface area contributed by atoms with Crippen molar-refractivity contribution in [3.05, 3.63) is 0 Å². The van der Waals surface area contributed by atoms with Crippen LogP contribution in [0.5, 0.6) is 0 Å². The fourth-order valence-corrected chi connectivity index (χ4v) is 2.22. The van der Waals surface area contributed by atoms with E-state index in [0.717, 1.165) is 19.1 Å². The minimum absolute atomic E-state index is 0. The zero-order valence-corrected chi connectivity index (χ0v) is 12.2. The van der Waals surface area contributed by atoms with Crippen LogP contribution < -0.4 is 0 Å². The predicted octanol–water partition coefficient (Wildman–Crippen LogP) is 3.24. The van der Waals surface area contributed by atoms with Crippen LogP contribution >= 0.6 is 0 Å². The van der Waals surface area contributed by atoms with Crippen molar-refractivity contribution in [1.82, 2.24) is 0 Å². The average molecular weight is 288 g/mol. The molecule has 0 saturated heterocycles. The van der Waals surface area contributed by atoms with Crippen LogP contribution in [0.15, 0.2) is 0 Å². The Morgan fingerprint density at radius 3 is 1.56 bits per heavy atom. The first-order valence-corrected chi connectivity index (χ1v) is 8.72. The molecule has 0 aliphatic heterocycles. The van der Waals surface area contributed by atoms with Gasteiger partial charge in [0.1, 0.15) is 0 Å². The third kappa shape index (κ3) is 19.3. The van der Waals surface area contributed by atoms with Crippen molar-refractivity contribution in [1.29, 1.82) is 0 Å². The summed E-state index contributed by atoms with van der Waals surface area (Å²) in [6.45, 7) is 2.58. The Morgan fingerprint density at radius 2 is 1.17 bits per heavy atom. The minimum atomic E-state index is -3.23. The van der Waals surface area contributed by atoms with E-state index in [1.807, 2.05) is 0 Å². The van der Waals surface area contributed by atoms with Crippen molar-refractivity contribution in [3.63, 3.8) is 0 Å². The van der Waals surface area contributed by atoms with Gasteiger partial charge in [-0.2, -0.15) is 8.42 Å². The molecule has 0 bridgehead atoms. The fourth-order valence-electron chi connectivity index (χ4n) is 1.80. The van der Waals surface area contributed by atoms with E-state index in [0.29, 0.717) is 6.61 Å². The molecule has 18 heavy (non-hydrogen) atoms. The molecule has 0 aliphatic carbocycles. The SMILES string of the molecule is CCCCCCCCCCCCOS(C)(=O)=O.[NaH]. The molecule has 0 aliphatic rings. The number of hydrogen-bond donors (Lipinski definition) is 0. The summed E-state index contributed by atoms with van der Waals surface area (Å²) in [5.74, 6) is 0. The van der Waals surface area contributed by atoms with Crippen molar-refractivity contribution in [3.8, 4) is 0 Å². The quantitative estimate of drug-likeness (QED) is 0.314. The van der Waals surface area contributed by atoms with Crippen molar-refractivity contribution in [2.24, 2.45) is 0 Å². The zero-order chi connectivity index (χ0) is 13.0. The standard InChI is InChI=1S/C13H28O3S.Na.H/c1-3-4-5-6-7-8-9-10-11-12-13-16-17(2,14)15;;/h3-13H2,1-2H3;;. The Morgan fingerprint density at radius 1 is 0.778 bits per heavy atom. The van der Waals surface area contributed by atoms with Crippen LogP contribution in [0.3, 0.4) is 0 Å². The monoisotopic (exact) mass is 288 g/mol. The van der Waals surface area contributed by atoms with Gasteiger partial charge in [0, 0.05) is 0 Å². The summed E-state index contributed by atoms with van der Waals surface area (Å²) in [5.41, 5.74) is 0. The molecule has 0 atom stereocenters. The van der Waals surface area contributed by atoms with E-state index in [-0.39, 0.29) is 29.6 Å². The Hall–Kier alpha value is 0.910. The summed E-state index contributed by atoms with van der Waals surface area (Å²) >= 11 is 0. The molecule has 0 fully saturated rings. The molecular formula is C13H29NaO3S. The Bertz CT molecular complexity index is 253. The molecule has 0 aromatic heterocycles. The average Bonchev–Trinajstić information content (AvgIpc) is 2.24. The first-order valence-electron chi connectivity index (χ1n) is 6.90. The van der Waals surface area contributed by atoms with Gasteiger partial charge < -0.3 is 0 Å². The fraction of sp³-hybridized carbons (Fsp3) is 1.00. The summed E-state index contributed by atoms with van der Waals surface area (Å²) in [5, 5.41) is 0. The Labute approximate surface area is 135 Å². The number of rotatable bonds is 12. The van der Waals surface area contributed by atoms with Crippen molar-refractivity contribution in [2.45, 2.75) is 71.1 Å². The normalized spacial score (nSPS) is 11.2. The van der Waals surface area contributed by atoms with E-state index >= 15 is 0 Å². The molecule has 0 aromatic rings. The summed E-state index contributed by atoms with van der Waals surface area (Å²) < 4.78 is 26.0.